The lowest BCUT2D eigenvalue weighted by Gasteiger charge is -2.18. The van der Waals surface area contributed by atoms with Gasteiger partial charge in [0.15, 0.2) is 5.17 Å². The highest BCUT2D eigenvalue weighted by Crippen LogP contribution is 2.20. The standard InChI is InChI=1S/C17H16ClN3OS/c18-15-5-3-13(4-6-15)10-16(22)21-9-8-20-17(21)23-12-14-2-1-7-19-11-14/h1-7,11H,8-10,12H2. The van der Waals surface area contributed by atoms with E-state index in [1.165, 1.54) is 0 Å². The normalized spacial score (nSPS) is 14.0. The van der Waals surface area contributed by atoms with E-state index in [9.17, 15) is 4.79 Å². The summed E-state index contributed by atoms with van der Waals surface area (Å²) in [6.07, 6.45) is 3.95. The molecule has 0 aliphatic carbocycles. The van der Waals surface area contributed by atoms with Gasteiger partial charge in [-0.05, 0) is 29.3 Å². The van der Waals surface area contributed by atoms with E-state index in [2.05, 4.69) is 9.98 Å². The summed E-state index contributed by atoms with van der Waals surface area (Å²) >= 11 is 7.46. The van der Waals surface area contributed by atoms with Crippen molar-refractivity contribution in [3.05, 3.63) is 64.9 Å². The molecule has 6 heteroatoms. The van der Waals surface area contributed by atoms with Gasteiger partial charge in [-0.1, -0.05) is 41.6 Å². The highest BCUT2D eigenvalue weighted by atomic mass is 35.5. The van der Waals surface area contributed by atoms with Crippen molar-refractivity contribution in [2.24, 2.45) is 4.99 Å². The van der Waals surface area contributed by atoms with Gasteiger partial charge in [-0.2, -0.15) is 0 Å². The average molecular weight is 346 g/mol. The lowest BCUT2D eigenvalue weighted by molar-refractivity contribution is -0.126. The Balaban J connectivity index is 1.59. The van der Waals surface area contributed by atoms with Crippen LogP contribution in [0.1, 0.15) is 11.1 Å². The van der Waals surface area contributed by atoms with Crippen molar-refractivity contribution in [2.45, 2.75) is 12.2 Å². The maximum Gasteiger partial charge on any atom is 0.233 e. The molecule has 0 fully saturated rings. The van der Waals surface area contributed by atoms with Crippen LogP contribution in [0.2, 0.25) is 5.02 Å². The first-order valence-corrected chi connectivity index (χ1v) is 8.70. The van der Waals surface area contributed by atoms with E-state index in [-0.39, 0.29) is 5.91 Å². The molecule has 2 aromatic rings. The monoisotopic (exact) mass is 345 g/mol. The summed E-state index contributed by atoms with van der Waals surface area (Å²) in [6, 6.07) is 11.3. The van der Waals surface area contributed by atoms with E-state index in [0.29, 0.717) is 24.5 Å². The number of aromatic nitrogens is 1. The fraction of sp³-hybridized carbons (Fsp3) is 0.235. The third-order valence-electron chi connectivity index (χ3n) is 3.46. The molecule has 1 aromatic carbocycles. The highest BCUT2D eigenvalue weighted by Gasteiger charge is 2.24. The summed E-state index contributed by atoms with van der Waals surface area (Å²) < 4.78 is 0. The molecule has 0 saturated carbocycles. The molecule has 2 heterocycles. The number of pyridine rings is 1. The van der Waals surface area contributed by atoms with E-state index < -0.39 is 0 Å². The van der Waals surface area contributed by atoms with Gasteiger partial charge in [0.2, 0.25) is 5.91 Å². The van der Waals surface area contributed by atoms with Crippen LogP contribution in [0.5, 0.6) is 0 Å². The third-order valence-corrected chi connectivity index (χ3v) is 4.80. The summed E-state index contributed by atoms with van der Waals surface area (Å²) in [7, 11) is 0. The van der Waals surface area contributed by atoms with Crippen LogP contribution >= 0.6 is 23.4 Å². The highest BCUT2D eigenvalue weighted by molar-refractivity contribution is 8.13. The number of hydrogen-bond acceptors (Lipinski definition) is 4. The predicted octanol–water partition coefficient (Wildman–Crippen LogP) is 3.41. The SMILES string of the molecule is O=C(Cc1ccc(Cl)cc1)N1CCN=C1SCc1cccnc1. The second-order valence-corrected chi connectivity index (χ2v) is 6.54. The number of hydrogen-bond donors (Lipinski definition) is 0. The number of thioether (sulfide) groups is 1. The van der Waals surface area contributed by atoms with Crippen molar-refractivity contribution in [3.8, 4) is 0 Å². The van der Waals surface area contributed by atoms with Gasteiger partial charge in [-0.25, -0.2) is 0 Å². The Bertz CT molecular complexity index is 704. The molecule has 0 N–H and O–H groups in total. The van der Waals surface area contributed by atoms with Crippen molar-refractivity contribution in [2.75, 3.05) is 13.1 Å². The van der Waals surface area contributed by atoms with Crippen LogP contribution in [0.15, 0.2) is 53.8 Å². The molecule has 1 aromatic heterocycles. The zero-order valence-corrected chi connectivity index (χ0v) is 14.1. The summed E-state index contributed by atoms with van der Waals surface area (Å²) in [5.74, 6) is 0.833. The Hall–Kier alpha value is -1.85. The molecular formula is C17H16ClN3OS. The summed E-state index contributed by atoms with van der Waals surface area (Å²) in [5.41, 5.74) is 2.08. The first-order valence-electron chi connectivity index (χ1n) is 7.33. The molecule has 0 spiro atoms. The molecule has 0 unspecified atom stereocenters. The Morgan fingerprint density at radius 3 is 2.78 bits per heavy atom. The van der Waals surface area contributed by atoms with Gasteiger partial charge in [-0.3, -0.25) is 19.7 Å². The average Bonchev–Trinajstić information content (AvgIpc) is 3.05. The molecule has 3 rings (SSSR count). The minimum atomic E-state index is 0.0715. The number of carbonyl (C=O) groups excluding carboxylic acids is 1. The first-order chi connectivity index (χ1) is 11.2. The molecule has 23 heavy (non-hydrogen) atoms. The second kappa shape index (κ2) is 7.62. The lowest BCUT2D eigenvalue weighted by Crippen LogP contribution is -2.34. The minimum absolute atomic E-state index is 0.0715. The number of rotatable bonds is 4. The Morgan fingerprint density at radius 2 is 2.04 bits per heavy atom. The van der Waals surface area contributed by atoms with Gasteiger partial charge in [-0.15, -0.1) is 0 Å². The Kier molecular flexibility index (Phi) is 5.31. The van der Waals surface area contributed by atoms with Crippen LogP contribution in [0.3, 0.4) is 0 Å². The molecule has 1 amide bonds. The van der Waals surface area contributed by atoms with Crippen LogP contribution in [0.4, 0.5) is 0 Å². The predicted molar refractivity (Wildman–Crippen MR) is 94.7 cm³/mol. The van der Waals surface area contributed by atoms with Gasteiger partial charge in [0.05, 0.1) is 13.0 Å². The van der Waals surface area contributed by atoms with E-state index >= 15 is 0 Å². The Morgan fingerprint density at radius 1 is 1.22 bits per heavy atom. The molecule has 1 aliphatic heterocycles. The van der Waals surface area contributed by atoms with Gasteiger partial charge < -0.3 is 0 Å². The number of amides is 1. The number of benzene rings is 1. The first kappa shape index (κ1) is 16.0. The minimum Gasteiger partial charge on any atom is -0.289 e. The zero-order chi connectivity index (χ0) is 16.1. The van der Waals surface area contributed by atoms with E-state index in [4.69, 9.17) is 11.6 Å². The van der Waals surface area contributed by atoms with Gasteiger partial charge in [0.1, 0.15) is 0 Å². The molecule has 4 nitrogen and oxygen atoms in total. The van der Waals surface area contributed by atoms with Crippen molar-refractivity contribution in [3.63, 3.8) is 0 Å². The van der Waals surface area contributed by atoms with Crippen molar-refractivity contribution in [1.29, 1.82) is 0 Å². The smallest absolute Gasteiger partial charge is 0.233 e. The molecule has 0 bridgehead atoms. The number of aliphatic imine (C=N–C) groups is 1. The summed E-state index contributed by atoms with van der Waals surface area (Å²) in [4.78, 5) is 22.8. The van der Waals surface area contributed by atoms with E-state index in [1.54, 1.807) is 35.0 Å². The van der Waals surface area contributed by atoms with E-state index in [0.717, 1.165) is 22.0 Å². The largest absolute Gasteiger partial charge is 0.289 e. The maximum atomic E-state index is 12.5. The number of carbonyl (C=O) groups is 1. The molecule has 118 valence electrons. The molecular weight excluding hydrogens is 330 g/mol. The van der Waals surface area contributed by atoms with Gasteiger partial charge in [0.25, 0.3) is 0 Å². The zero-order valence-electron chi connectivity index (χ0n) is 12.5. The quantitative estimate of drug-likeness (QED) is 0.853. The van der Waals surface area contributed by atoms with Crippen LogP contribution < -0.4 is 0 Å². The van der Waals surface area contributed by atoms with Crippen LogP contribution in [-0.2, 0) is 17.0 Å². The topological polar surface area (TPSA) is 45.6 Å². The van der Waals surface area contributed by atoms with Gasteiger partial charge in [0, 0.05) is 29.7 Å². The van der Waals surface area contributed by atoms with Crippen LogP contribution in [0, 0.1) is 0 Å². The third kappa shape index (κ3) is 4.33. The fourth-order valence-corrected chi connectivity index (χ4v) is 3.41. The van der Waals surface area contributed by atoms with Gasteiger partial charge >= 0.3 is 0 Å². The van der Waals surface area contributed by atoms with Crippen molar-refractivity contribution >= 4 is 34.4 Å². The molecule has 1 aliphatic rings. The lowest BCUT2D eigenvalue weighted by atomic mass is 10.1. The number of halogens is 1. The summed E-state index contributed by atoms with van der Waals surface area (Å²) in [5, 5.41) is 1.48. The second-order valence-electron chi connectivity index (χ2n) is 5.16. The van der Waals surface area contributed by atoms with Crippen molar-refractivity contribution in [1.82, 2.24) is 9.88 Å². The summed E-state index contributed by atoms with van der Waals surface area (Å²) in [6.45, 7) is 1.32. The van der Waals surface area contributed by atoms with E-state index in [1.807, 2.05) is 30.5 Å². The van der Waals surface area contributed by atoms with Crippen LogP contribution in [-0.4, -0.2) is 34.0 Å². The Labute approximate surface area is 144 Å². The fourth-order valence-electron chi connectivity index (χ4n) is 2.29. The maximum absolute atomic E-state index is 12.5. The molecule has 0 radical (unpaired) electrons. The number of amidine groups is 1. The molecule has 0 saturated heterocycles. The number of nitrogens with zero attached hydrogens (tertiary/aromatic N) is 3. The van der Waals surface area contributed by atoms with Crippen LogP contribution in [0.25, 0.3) is 0 Å². The van der Waals surface area contributed by atoms with Crippen molar-refractivity contribution < 1.29 is 4.79 Å². The molecule has 0 atom stereocenters.